The maximum absolute atomic E-state index is 12.2. The van der Waals surface area contributed by atoms with Crippen molar-refractivity contribution in [2.75, 3.05) is 0 Å². The molecule has 0 saturated heterocycles. The van der Waals surface area contributed by atoms with Gasteiger partial charge < -0.3 is 4.98 Å². The molecule has 1 aromatic heterocycles. The zero-order valence-corrected chi connectivity index (χ0v) is 12.3. The Hall–Kier alpha value is -1.78. The molecule has 0 aliphatic heterocycles. The fourth-order valence-corrected chi connectivity index (χ4v) is 2.96. The van der Waals surface area contributed by atoms with Crippen molar-refractivity contribution in [1.82, 2.24) is 9.97 Å². The Balaban J connectivity index is 1.89. The number of carbonyl (C=O) groups excluding carboxylic acids is 1. The first-order chi connectivity index (χ1) is 9.63. The number of halogens is 1. The monoisotopic (exact) mass is 302 g/mol. The number of aromatic nitrogens is 2. The van der Waals surface area contributed by atoms with Crippen molar-refractivity contribution >= 4 is 39.5 Å². The van der Waals surface area contributed by atoms with E-state index in [0.717, 1.165) is 28.4 Å². The molecular formula is C15H11ClN2OS. The lowest BCUT2D eigenvalue weighted by Crippen LogP contribution is -1.94. The minimum Gasteiger partial charge on any atom is -0.333 e. The molecule has 3 rings (SSSR count). The lowest BCUT2D eigenvalue weighted by atomic mass is 10.2. The van der Waals surface area contributed by atoms with E-state index in [-0.39, 0.29) is 5.12 Å². The summed E-state index contributed by atoms with van der Waals surface area (Å²) in [6.45, 7) is 2.02. The maximum atomic E-state index is 12.2. The molecule has 3 nitrogen and oxygen atoms in total. The fraction of sp³-hybridized carbons (Fsp3) is 0.0667. The van der Waals surface area contributed by atoms with Crippen molar-refractivity contribution in [3.8, 4) is 0 Å². The quantitative estimate of drug-likeness (QED) is 0.711. The first-order valence-electron chi connectivity index (χ1n) is 6.06. The average molecular weight is 303 g/mol. The molecule has 0 bridgehead atoms. The molecule has 5 heteroatoms. The van der Waals surface area contributed by atoms with Gasteiger partial charge in [-0.25, -0.2) is 4.98 Å². The number of thioether (sulfide) groups is 1. The second-order valence-electron chi connectivity index (χ2n) is 4.43. The molecule has 0 radical (unpaired) electrons. The van der Waals surface area contributed by atoms with Gasteiger partial charge in [0.2, 0.25) is 5.12 Å². The molecule has 3 aromatic rings. The SMILES string of the molecule is Cc1ccc2nc(SC(=O)c3ccccc3Cl)[nH]c2c1. The summed E-state index contributed by atoms with van der Waals surface area (Å²) in [5, 5.41) is 0.916. The summed E-state index contributed by atoms with van der Waals surface area (Å²) in [7, 11) is 0. The topological polar surface area (TPSA) is 45.8 Å². The van der Waals surface area contributed by atoms with E-state index in [1.807, 2.05) is 25.1 Å². The van der Waals surface area contributed by atoms with Gasteiger partial charge in [-0.2, -0.15) is 0 Å². The number of aryl methyl sites for hydroxylation is 1. The van der Waals surface area contributed by atoms with Crippen molar-refractivity contribution in [3.63, 3.8) is 0 Å². The molecule has 100 valence electrons. The summed E-state index contributed by atoms with van der Waals surface area (Å²) in [5.74, 6) is 0. The number of hydrogen-bond acceptors (Lipinski definition) is 3. The van der Waals surface area contributed by atoms with Crippen LogP contribution in [0.3, 0.4) is 0 Å². The Morgan fingerprint density at radius 1 is 1.25 bits per heavy atom. The second kappa shape index (κ2) is 5.31. The van der Waals surface area contributed by atoms with Crippen LogP contribution in [0.1, 0.15) is 15.9 Å². The maximum Gasteiger partial charge on any atom is 0.228 e. The van der Waals surface area contributed by atoms with E-state index in [1.165, 1.54) is 0 Å². The van der Waals surface area contributed by atoms with Crippen molar-refractivity contribution in [1.29, 1.82) is 0 Å². The van der Waals surface area contributed by atoms with E-state index in [9.17, 15) is 4.79 Å². The third kappa shape index (κ3) is 2.57. The normalized spacial score (nSPS) is 10.9. The number of carbonyl (C=O) groups is 1. The van der Waals surface area contributed by atoms with E-state index in [0.29, 0.717) is 15.7 Å². The summed E-state index contributed by atoms with van der Waals surface area (Å²) >= 11 is 7.07. The smallest absolute Gasteiger partial charge is 0.228 e. The molecule has 0 saturated carbocycles. The predicted octanol–water partition coefficient (Wildman–Crippen LogP) is 4.46. The lowest BCUT2D eigenvalue weighted by molar-refractivity contribution is 0.108. The minimum absolute atomic E-state index is 0.119. The highest BCUT2D eigenvalue weighted by atomic mass is 35.5. The zero-order chi connectivity index (χ0) is 14.1. The highest BCUT2D eigenvalue weighted by Gasteiger charge is 2.14. The van der Waals surface area contributed by atoms with Gasteiger partial charge in [-0.3, -0.25) is 4.79 Å². The Morgan fingerprint density at radius 2 is 2.05 bits per heavy atom. The van der Waals surface area contributed by atoms with Gasteiger partial charge in [0.25, 0.3) is 0 Å². The van der Waals surface area contributed by atoms with Gasteiger partial charge in [-0.15, -0.1) is 0 Å². The summed E-state index contributed by atoms with van der Waals surface area (Å²) in [5.41, 5.74) is 3.43. The van der Waals surface area contributed by atoms with Crippen molar-refractivity contribution in [2.45, 2.75) is 12.1 Å². The van der Waals surface area contributed by atoms with Gasteiger partial charge in [0.15, 0.2) is 5.16 Å². The number of benzene rings is 2. The number of imidazole rings is 1. The highest BCUT2D eigenvalue weighted by molar-refractivity contribution is 8.14. The highest BCUT2D eigenvalue weighted by Crippen LogP contribution is 2.26. The molecule has 0 spiro atoms. The van der Waals surface area contributed by atoms with Crippen LogP contribution in [0, 0.1) is 6.92 Å². The third-order valence-electron chi connectivity index (χ3n) is 2.90. The predicted molar refractivity (Wildman–Crippen MR) is 82.5 cm³/mol. The Morgan fingerprint density at radius 3 is 2.85 bits per heavy atom. The van der Waals surface area contributed by atoms with Gasteiger partial charge in [0.05, 0.1) is 16.1 Å². The molecule has 20 heavy (non-hydrogen) atoms. The molecule has 0 atom stereocenters. The van der Waals surface area contributed by atoms with E-state index >= 15 is 0 Å². The van der Waals surface area contributed by atoms with Crippen LogP contribution in [0.4, 0.5) is 0 Å². The fourth-order valence-electron chi connectivity index (χ4n) is 1.92. The average Bonchev–Trinajstić information content (AvgIpc) is 2.80. The van der Waals surface area contributed by atoms with E-state index in [4.69, 9.17) is 11.6 Å². The molecule has 1 N–H and O–H groups in total. The summed E-state index contributed by atoms with van der Waals surface area (Å²) in [4.78, 5) is 19.7. The van der Waals surface area contributed by atoms with Crippen molar-refractivity contribution < 1.29 is 4.79 Å². The number of hydrogen-bond donors (Lipinski definition) is 1. The summed E-state index contributed by atoms with van der Waals surface area (Å²) in [6, 6.07) is 12.9. The Labute approximate surface area is 125 Å². The number of rotatable bonds is 2. The van der Waals surface area contributed by atoms with Crippen LogP contribution < -0.4 is 0 Å². The number of aromatic amines is 1. The number of H-pyrrole nitrogens is 1. The molecular weight excluding hydrogens is 292 g/mol. The van der Waals surface area contributed by atoms with Crippen LogP contribution in [-0.2, 0) is 0 Å². The van der Waals surface area contributed by atoms with Gasteiger partial charge in [0.1, 0.15) is 0 Å². The van der Waals surface area contributed by atoms with Gasteiger partial charge in [-0.1, -0.05) is 29.8 Å². The van der Waals surface area contributed by atoms with E-state index < -0.39 is 0 Å². The van der Waals surface area contributed by atoms with Crippen LogP contribution in [-0.4, -0.2) is 15.1 Å². The lowest BCUT2D eigenvalue weighted by Gasteiger charge is -2.00. The van der Waals surface area contributed by atoms with Crippen LogP contribution in [0.25, 0.3) is 11.0 Å². The minimum atomic E-state index is -0.119. The number of nitrogens with zero attached hydrogens (tertiary/aromatic N) is 1. The molecule has 0 amide bonds. The van der Waals surface area contributed by atoms with E-state index in [2.05, 4.69) is 9.97 Å². The van der Waals surface area contributed by atoms with Gasteiger partial charge in [0, 0.05) is 5.56 Å². The molecule has 1 heterocycles. The summed E-state index contributed by atoms with van der Waals surface area (Å²) < 4.78 is 0. The molecule has 0 unspecified atom stereocenters. The first kappa shape index (κ1) is 13.2. The Kier molecular flexibility index (Phi) is 3.51. The molecule has 2 aromatic carbocycles. The molecule has 0 aliphatic carbocycles. The zero-order valence-electron chi connectivity index (χ0n) is 10.7. The third-order valence-corrected chi connectivity index (χ3v) is 4.02. The molecule has 0 fully saturated rings. The Bertz CT molecular complexity index is 797. The largest absolute Gasteiger partial charge is 0.333 e. The number of fused-ring (bicyclic) bond motifs is 1. The standard InChI is InChI=1S/C15H11ClN2OS/c1-9-6-7-12-13(8-9)18-15(17-12)20-14(19)10-4-2-3-5-11(10)16/h2-8H,1H3,(H,17,18). The van der Waals surface area contributed by atoms with Crippen LogP contribution in [0.5, 0.6) is 0 Å². The van der Waals surface area contributed by atoms with Crippen LogP contribution in [0.15, 0.2) is 47.6 Å². The van der Waals surface area contributed by atoms with Gasteiger partial charge >= 0.3 is 0 Å². The summed E-state index contributed by atoms with van der Waals surface area (Å²) in [6.07, 6.45) is 0. The van der Waals surface area contributed by atoms with E-state index in [1.54, 1.807) is 24.3 Å². The van der Waals surface area contributed by atoms with Crippen LogP contribution >= 0.6 is 23.4 Å². The number of nitrogens with one attached hydrogen (secondary N) is 1. The van der Waals surface area contributed by atoms with Crippen molar-refractivity contribution in [3.05, 3.63) is 58.6 Å². The first-order valence-corrected chi connectivity index (χ1v) is 7.26. The van der Waals surface area contributed by atoms with Crippen LogP contribution in [0.2, 0.25) is 5.02 Å². The second-order valence-corrected chi connectivity index (χ2v) is 5.80. The van der Waals surface area contributed by atoms with Crippen molar-refractivity contribution in [2.24, 2.45) is 0 Å². The van der Waals surface area contributed by atoms with Gasteiger partial charge in [-0.05, 0) is 48.5 Å². The molecule has 0 aliphatic rings.